The molecule has 5 atom stereocenters. The van der Waals surface area contributed by atoms with Crippen molar-refractivity contribution in [2.45, 2.75) is 37.6 Å². The van der Waals surface area contributed by atoms with Gasteiger partial charge in [-0.2, -0.15) is 0 Å². The summed E-state index contributed by atoms with van der Waals surface area (Å²) in [6.07, 6.45) is -3.60. The molecule has 0 bridgehead atoms. The molecule has 7 N–H and O–H groups in total. The number of ketones is 1. The molecule has 0 spiro atoms. The summed E-state index contributed by atoms with van der Waals surface area (Å²) < 4.78 is 26.5. The van der Waals surface area contributed by atoms with Crippen LogP contribution >= 0.6 is 0 Å². The summed E-state index contributed by atoms with van der Waals surface area (Å²) in [6.45, 7) is 0.624. The first-order valence-corrected chi connectivity index (χ1v) is 14.2. The minimum absolute atomic E-state index is 0.0288. The molecule has 15 nitrogen and oxygen atoms in total. The summed E-state index contributed by atoms with van der Waals surface area (Å²) in [5.41, 5.74) is 0.409. The maximum absolute atomic E-state index is 12.7. The number of hydrogen-bond donors (Lipinski definition) is 7. The first kappa shape index (κ1) is 35.1. The van der Waals surface area contributed by atoms with Gasteiger partial charge in [0.05, 0.1) is 12.7 Å². The van der Waals surface area contributed by atoms with Gasteiger partial charge < -0.3 is 59.4 Å². The summed E-state index contributed by atoms with van der Waals surface area (Å²) in [4.78, 5) is 36.7. The Bertz CT molecular complexity index is 1730. The summed E-state index contributed by atoms with van der Waals surface area (Å²) in [7, 11) is 1.28. The molecule has 0 amide bonds. The number of allylic oxidation sites excluding steroid dienone is 1. The first-order valence-electron chi connectivity index (χ1n) is 14.2. The van der Waals surface area contributed by atoms with E-state index in [0.717, 1.165) is 19.1 Å². The predicted octanol–water partition coefficient (Wildman–Crippen LogP) is 2.13. The Labute approximate surface area is 272 Å². The molecule has 15 heteroatoms. The van der Waals surface area contributed by atoms with E-state index in [1.807, 2.05) is 0 Å². The molecular formula is C33H32O15. The molecule has 1 saturated heterocycles. The van der Waals surface area contributed by atoms with E-state index in [1.165, 1.54) is 67.8 Å². The summed E-state index contributed by atoms with van der Waals surface area (Å²) in [6, 6.07) is 10.2. The molecule has 1 aliphatic heterocycles. The van der Waals surface area contributed by atoms with Gasteiger partial charge >= 0.3 is 11.9 Å². The van der Waals surface area contributed by atoms with Gasteiger partial charge in [0.2, 0.25) is 12.0 Å². The molecular weight excluding hydrogens is 636 g/mol. The molecule has 0 radical (unpaired) electrons. The van der Waals surface area contributed by atoms with Crippen LogP contribution < -0.4 is 9.47 Å². The molecule has 1 aliphatic rings. The zero-order valence-electron chi connectivity index (χ0n) is 25.4. The lowest BCUT2D eigenvalue weighted by Crippen LogP contribution is -2.61. The van der Waals surface area contributed by atoms with Crippen molar-refractivity contribution in [1.82, 2.24) is 0 Å². The minimum atomic E-state index is -1.82. The third kappa shape index (κ3) is 8.33. The number of phenolic OH excluding ortho intramolecular Hbond substituents is 5. The number of hydrogen-bond acceptors (Lipinski definition) is 15. The highest BCUT2D eigenvalue weighted by molar-refractivity contribution is 6.09. The van der Waals surface area contributed by atoms with Crippen LogP contribution in [0.5, 0.6) is 40.2 Å². The number of benzene rings is 3. The van der Waals surface area contributed by atoms with Crippen LogP contribution in [-0.2, 0) is 23.8 Å². The monoisotopic (exact) mass is 668 g/mol. The van der Waals surface area contributed by atoms with Crippen LogP contribution in [0, 0.1) is 0 Å². The van der Waals surface area contributed by atoms with Gasteiger partial charge in [0.15, 0.2) is 46.4 Å². The highest BCUT2D eigenvalue weighted by Crippen LogP contribution is 2.38. The van der Waals surface area contributed by atoms with Crippen molar-refractivity contribution in [3.63, 3.8) is 0 Å². The second-order valence-electron chi connectivity index (χ2n) is 10.4. The number of aliphatic hydroxyl groups excluding tert-OH is 2. The number of carbonyl (C=O) groups excluding carboxylic acids is 3. The van der Waals surface area contributed by atoms with Gasteiger partial charge in [-0.05, 0) is 59.7 Å². The van der Waals surface area contributed by atoms with Crippen LogP contribution in [0.15, 0.2) is 60.7 Å². The number of ether oxygens (including phenoxy) is 5. The van der Waals surface area contributed by atoms with E-state index < -0.39 is 78.0 Å². The lowest BCUT2D eigenvalue weighted by atomic mass is 9.99. The van der Waals surface area contributed by atoms with Crippen molar-refractivity contribution in [2.24, 2.45) is 0 Å². The van der Waals surface area contributed by atoms with Gasteiger partial charge in [0.1, 0.15) is 24.9 Å². The Kier molecular flexibility index (Phi) is 11.1. The van der Waals surface area contributed by atoms with Crippen molar-refractivity contribution in [1.29, 1.82) is 0 Å². The maximum Gasteiger partial charge on any atom is 0.331 e. The molecule has 1 fully saturated rings. The van der Waals surface area contributed by atoms with Crippen LogP contribution in [0.3, 0.4) is 0 Å². The number of phenols is 5. The highest BCUT2D eigenvalue weighted by atomic mass is 16.7. The van der Waals surface area contributed by atoms with Crippen molar-refractivity contribution >= 4 is 29.9 Å². The van der Waals surface area contributed by atoms with Crippen molar-refractivity contribution in [3.8, 4) is 40.2 Å². The zero-order chi connectivity index (χ0) is 35.1. The second kappa shape index (κ2) is 15.2. The van der Waals surface area contributed by atoms with E-state index in [1.54, 1.807) is 0 Å². The molecule has 3 aromatic rings. The number of methoxy groups -OCH3 is 1. The zero-order valence-corrected chi connectivity index (χ0v) is 25.4. The average Bonchev–Trinajstić information content (AvgIpc) is 3.05. The van der Waals surface area contributed by atoms with E-state index in [0.29, 0.717) is 11.1 Å². The fourth-order valence-electron chi connectivity index (χ4n) is 4.49. The number of carbonyl (C=O) groups is 3. The third-order valence-corrected chi connectivity index (χ3v) is 7.01. The number of aliphatic hydroxyl groups is 2. The molecule has 0 saturated carbocycles. The lowest BCUT2D eigenvalue weighted by Gasteiger charge is -2.41. The van der Waals surface area contributed by atoms with E-state index >= 15 is 0 Å². The smallest absolute Gasteiger partial charge is 0.331 e. The van der Waals surface area contributed by atoms with Crippen LogP contribution in [0.25, 0.3) is 12.2 Å². The van der Waals surface area contributed by atoms with E-state index in [-0.39, 0.29) is 22.8 Å². The van der Waals surface area contributed by atoms with Crippen LogP contribution in [0.4, 0.5) is 0 Å². The average molecular weight is 669 g/mol. The van der Waals surface area contributed by atoms with Gasteiger partial charge in [0, 0.05) is 13.0 Å². The standard InChI is InChI=1S/C33H32O15/c1-16(34)45-15-26-30(42)31(43)32(48-27(39)12-6-18-4-9-21(36)22(37)13-18)33(47-26)46-24-10-5-17(14-23(24)38)3-8-20(35)19-7-11-25(44-2)29(41)28(19)40/h3-14,26,30-33,36-38,40-43H,15H2,1-2H3/t26-,30-,31+,32-,33-/m1/s1. The molecule has 3 aromatic carbocycles. The van der Waals surface area contributed by atoms with Gasteiger partial charge in [-0.3, -0.25) is 9.59 Å². The predicted molar refractivity (Wildman–Crippen MR) is 164 cm³/mol. The normalized spacial score (nSPS) is 20.8. The summed E-state index contributed by atoms with van der Waals surface area (Å²) in [5, 5.41) is 71.4. The Morgan fingerprint density at radius 2 is 1.44 bits per heavy atom. The SMILES string of the molecule is COc1ccc(C(=O)C=Cc2ccc(O[C@@H]3O[C@H](COC(C)=O)[C@@H](O)[C@H](O)[C@H]3OC(=O)C=Cc3ccc(O)c(O)c3)c(O)c2)c(O)c1O. The van der Waals surface area contributed by atoms with Crippen molar-refractivity contribution in [3.05, 3.63) is 77.4 Å². The van der Waals surface area contributed by atoms with Gasteiger partial charge in [-0.25, -0.2) is 4.79 Å². The minimum Gasteiger partial charge on any atom is -0.504 e. The lowest BCUT2D eigenvalue weighted by molar-refractivity contribution is -0.282. The molecule has 254 valence electrons. The van der Waals surface area contributed by atoms with Crippen LogP contribution in [0.2, 0.25) is 0 Å². The number of aromatic hydroxyl groups is 5. The van der Waals surface area contributed by atoms with Gasteiger partial charge in [0.25, 0.3) is 0 Å². The van der Waals surface area contributed by atoms with Crippen LogP contribution in [-0.4, -0.2) is 97.9 Å². The van der Waals surface area contributed by atoms with Gasteiger partial charge in [-0.15, -0.1) is 0 Å². The summed E-state index contributed by atoms with van der Waals surface area (Å²) >= 11 is 0. The Morgan fingerprint density at radius 1 is 0.792 bits per heavy atom. The highest BCUT2D eigenvalue weighted by Gasteiger charge is 2.48. The molecule has 1 heterocycles. The Morgan fingerprint density at radius 3 is 2.08 bits per heavy atom. The Hall–Kier alpha value is -5.77. The summed E-state index contributed by atoms with van der Waals surface area (Å²) in [5.74, 6) is -5.21. The third-order valence-electron chi connectivity index (χ3n) is 7.01. The fourth-order valence-corrected chi connectivity index (χ4v) is 4.49. The van der Waals surface area contributed by atoms with Crippen molar-refractivity contribution < 1.29 is 73.8 Å². The fraction of sp³-hybridized carbons (Fsp3) is 0.242. The van der Waals surface area contributed by atoms with Crippen molar-refractivity contribution in [2.75, 3.05) is 13.7 Å². The molecule has 0 aliphatic carbocycles. The largest absolute Gasteiger partial charge is 0.504 e. The van der Waals surface area contributed by atoms with Crippen LogP contribution in [0.1, 0.15) is 28.4 Å². The molecule has 4 rings (SSSR count). The van der Waals surface area contributed by atoms with E-state index in [9.17, 15) is 50.1 Å². The molecule has 48 heavy (non-hydrogen) atoms. The maximum atomic E-state index is 12.7. The number of esters is 2. The molecule has 0 aromatic heterocycles. The Balaban J connectivity index is 1.52. The number of rotatable bonds is 11. The topological polar surface area (TPSA) is 239 Å². The van der Waals surface area contributed by atoms with E-state index in [4.69, 9.17) is 23.7 Å². The second-order valence-corrected chi connectivity index (χ2v) is 10.4. The quantitative estimate of drug-likeness (QED) is 0.0670. The van der Waals surface area contributed by atoms with E-state index in [2.05, 4.69) is 0 Å². The van der Waals surface area contributed by atoms with Gasteiger partial charge in [-0.1, -0.05) is 18.2 Å². The first-order chi connectivity index (χ1) is 22.8. The molecule has 0 unspecified atom stereocenters.